The van der Waals surface area contributed by atoms with E-state index in [1.807, 2.05) is 6.07 Å². The highest BCUT2D eigenvalue weighted by Crippen LogP contribution is 2.26. The highest BCUT2D eigenvalue weighted by Gasteiger charge is 2.22. The Morgan fingerprint density at radius 3 is 2.96 bits per heavy atom. The van der Waals surface area contributed by atoms with E-state index in [1.54, 1.807) is 26.2 Å². The molecule has 1 aromatic heterocycles. The monoisotopic (exact) mass is 314 g/mol. The molecule has 3 rings (SSSR count). The highest BCUT2D eigenvalue weighted by molar-refractivity contribution is 5.42. The molecule has 2 aromatic rings. The number of nitro groups is 1. The van der Waals surface area contributed by atoms with Gasteiger partial charge in [-0.3, -0.25) is 15.0 Å². The first-order valence-corrected chi connectivity index (χ1v) is 7.41. The molecule has 0 bridgehead atoms. The minimum atomic E-state index is -0.332. The molecule has 0 spiro atoms. The summed E-state index contributed by atoms with van der Waals surface area (Å²) in [4.78, 5) is 21.4. The molecular weight excluding hydrogens is 296 g/mol. The van der Waals surface area contributed by atoms with Gasteiger partial charge in [0.05, 0.1) is 17.7 Å². The molecule has 23 heavy (non-hydrogen) atoms. The van der Waals surface area contributed by atoms with Gasteiger partial charge in [-0.2, -0.15) is 0 Å². The Morgan fingerprint density at radius 2 is 2.22 bits per heavy atom. The van der Waals surface area contributed by atoms with Crippen molar-refractivity contribution in [3.63, 3.8) is 0 Å². The van der Waals surface area contributed by atoms with Crippen molar-refractivity contribution >= 4 is 5.69 Å². The van der Waals surface area contributed by atoms with Crippen LogP contribution >= 0.6 is 0 Å². The Bertz CT molecular complexity index is 734. The summed E-state index contributed by atoms with van der Waals surface area (Å²) in [5, 5.41) is 11.1. The second-order valence-corrected chi connectivity index (χ2v) is 5.65. The van der Waals surface area contributed by atoms with Crippen molar-refractivity contribution in [2.45, 2.75) is 26.4 Å². The van der Waals surface area contributed by atoms with E-state index in [4.69, 9.17) is 4.74 Å². The molecule has 0 saturated carbocycles. The minimum absolute atomic E-state index is 0.167. The predicted molar refractivity (Wildman–Crippen MR) is 84.2 cm³/mol. The molecule has 1 aliphatic heterocycles. The van der Waals surface area contributed by atoms with Gasteiger partial charge in [0.2, 0.25) is 5.88 Å². The van der Waals surface area contributed by atoms with E-state index in [2.05, 4.69) is 14.9 Å². The molecule has 0 unspecified atom stereocenters. The molecule has 7 nitrogen and oxygen atoms in total. The third-order valence-corrected chi connectivity index (χ3v) is 4.11. The van der Waals surface area contributed by atoms with Crippen LogP contribution in [0.15, 0.2) is 24.5 Å². The van der Waals surface area contributed by atoms with E-state index < -0.39 is 0 Å². The number of fused-ring (bicyclic) bond motifs is 1. The summed E-state index contributed by atoms with van der Waals surface area (Å²) in [6.45, 7) is 3.94. The van der Waals surface area contributed by atoms with E-state index in [0.717, 1.165) is 29.8 Å². The molecule has 0 atom stereocenters. The molecule has 1 aromatic carbocycles. The first-order chi connectivity index (χ1) is 11.1. The molecule has 0 fully saturated rings. The standard InChI is InChI=1S/C16H18N4O3/c1-11-3-4-12(7-15(11)20(21)22)8-19-6-5-14-13(9-19)16(23-2)18-10-17-14/h3-4,7,10H,5-6,8-9H2,1-2H3. The van der Waals surface area contributed by atoms with Crippen LogP contribution < -0.4 is 4.74 Å². The molecule has 7 heteroatoms. The summed E-state index contributed by atoms with van der Waals surface area (Å²) in [5.41, 5.74) is 3.80. The second-order valence-electron chi connectivity index (χ2n) is 5.65. The Morgan fingerprint density at radius 1 is 1.39 bits per heavy atom. The average molecular weight is 314 g/mol. The van der Waals surface area contributed by atoms with E-state index >= 15 is 0 Å². The van der Waals surface area contributed by atoms with Crippen molar-refractivity contribution in [1.82, 2.24) is 14.9 Å². The molecule has 0 aliphatic carbocycles. The zero-order chi connectivity index (χ0) is 16.4. The molecule has 0 saturated heterocycles. The number of aromatic nitrogens is 2. The number of aryl methyl sites for hydroxylation is 1. The van der Waals surface area contributed by atoms with Gasteiger partial charge in [-0.05, 0) is 12.5 Å². The van der Waals surface area contributed by atoms with Crippen molar-refractivity contribution in [3.05, 3.63) is 57.0 Å². The first kappa shape index (κ1) is 15.4. The Hall–Kier alpha value is -2.54. The van der Waals surface area contributed by atoms with E-state index in [1.165, 1.54) is 6.33 Å². The highest BCUT2D eigenvalue weighted by atomic mass is 16.6. The Kier molecular flexibility index (Phi) is 4.20. The molecular formula is C16H18N4O3. The Labute approximate surface area is 134 Å². The zero-order valence-electron chi connectivity index (χ0n) is 13.2. The predicted octanol–water partition coefficient (Wildman–Crippen LogP) is 2.26. The van der Waals surface area contributed by atoms with Gasteiger partial charge in [-0.1, -0.05) is 12.1 Å². The van der Waals surface area contributed by atoms with Crippen molar-refractivity contribution in [1.29, 1.82) is 0 Å². The maximum atomic E-state index is 11.1. The van der Waals surface area contributed by atoms with Crippen LogP contribution in [0.3, 0.4) is 0 Å². The van der Waals surface area contributed by atoms with Gasteiger partial charge in [0.15, 0.2) is 0 Å². The number of methoxy groups -OCH3 is 1. The van der Waals surface area contributed by atoms with Crippen molar-refractivity contribution in [2.75, 3.05) is 13.7 Å². The smallest absolute Gasteiger partial charge is 0.272 e. The number of benzene rings is 1. The van der Waals surface area contributed by atoms with Gasteiger partial charge >= 0.3 is 0 Å². The van der Waals surface area contributed by atoms with E-state index in [-0.39, 0.29) is 10.6 Å². The summed E-state index contributed by atoms with van der Waals surface area (Å²) < 4.78 is 5.31. The van der Waals surface area contributed by atoms with Crippen LogP contribution in [-0.2, 0) is 19.5 Å². The van der Waals surface area contributed by atoms with Crippen molar-refractivity contribution < 1.29 is 9.66 Å². The van der Waals surface area contributed by atoms with Crippen LogP contribution in [-0.4, -0.2) is 33.4 Å². The largest absolute Gasteiger partial charge is 0.481 e. The maximum Gasteiger partial charge on any atom is 0.272 e. The quantitative estimate of drug-likeness (QED) is 0.636. The van der Waals surface area contributed by atoms with E-state index in [9.17, 15) is 10.1 Å². The molecule has 0 amide bonds. The summed E-state index contributed by atoms with van der Waals surface area (Å²) in [5.74, 6) is 0.606. The fourth-order valence-corrected chi connectivity index (χ4v) is 2.89. The van der Waals surface area contributed by atoms with Crippen LogP contribution in [0.25, 0.3) is 0 Å². The lowest BCUT2D eigenvalue weighted by molar-refractivity contribution is -0.385. The van der Waals surface area contributed by atoms with Crippen molar-refractivity contribution in [3.8, 4) is 5.88 Å². The van der Waals surface area contributed by atoms with Gasteiger partial charge < -0.3 is 4.74 Å². The number of ether oxygens (including phenoxy) is 1. The molecule has 120 valence electrons. The van der Waals surface area contributed by atoms with Crippen LogP contribution in [0, 0.1) is 17.0 Å². The fourth-order valence-electron chi connectivity index (χ4n) is 2.89. The van der Waals surface area contributed by atoms with Gasteiger partial charge in [-0.25, -0.2) is 9.97 Å². The summed E-state index contributed by atoms with van der Waals surface area (Å²) >= 11 is 0. The third kappa shape index (κ3) is 3.14. The lowest BCUT2D eigenvalue weighted by Crippen LogP contribution is -2.31. The summed E-state index contributed by atoms with van der Waals surface area (Å²) in [7, 11) is 1.60. The number of nitro benzene ring substituents is 1. The normalized spacial score (nSPS) is 14.3. The molecule has 1 aliphatic rings. The van der Waals surface area contributed by atoms with Crippen LogP contribution in [0.2, 0.25) is 0 Å². The van der Waals surface area contributed by atoms with E-state index in [0.29, 0.717) is 24.5 Å². The average Bonchev–Trinajstić information content (AvgIpc) is 2.55. The van der Waals surface area contributed by atoms with Crippen molar-refractivity contribution in [2.24, 2.45) is 0 Å². The van der Waals surface area contributed by atoms with Crippen LogP contribution in [0.5, 0.6) is 5.88 Å². The Balaban J connectivity index is 1.80. The summed E-state index contributed by atoms with van der Waals surface area (Å²) in [6.07, 6.45) is 2.35. The maximum absolute atomic E-state index is 11.1. The van der Waals surface area contributed by atoms with Gasteiger partial charge in [-0.15, -0.1) is 0 Å². The lowest BCUT2D eigenvalue weighted by Gasteiger charge is -2.28. The zero-order valence-corrected chi connectivity index (χ0v) is 13.2. The molecule has 0 radical (unpaired) electrons. The fraction of sp³-hybridized carbons (Fsp3) is 0.375. The number of hydrogen-bond acceptors (Lipinski definition) is 6. The second kappa shape index (κ2) is 6.29. The van der Waals surface area contributed by atoms with Gasteiger partial charge in [0, 0.05) is 43.2 Å². The first-order valence-electron chi connectivity index (χ1n) is 7.41. The number of rotatable bonds is 4. The summed E-state index contributed by atoms with van der Waals surface area (Å²) in [6, 6.07) is 5.40. The molecule has 0 N–H and O–H groups in total. The van der Waals surface area contributed by atoms with Crippen LogP contribution in [0.4, 0.5) is 5.69 Å². The minimum Gasteiger partial charge on any atom is -0.481 e. The lowest BCUT2D eigenvalue weighted by atomic mass is 10.0. The topological polar surface area (TPSA) is 81.4 Å². The molecule has 2 heterocycles. The van der Waals surface area contributed by atoms with Gasteiger partial charge in [0.25, 0.3) is 5.69 Å². The number of hydrogen-bond donors (Lipinski definition) is 0. The van der Waals surface area contributed by atoms with Gasteiger partial charge in [0.1, 0.15) is 6.33 Å². The third-order valence-electron chi connectivity index (χ3n) is 4.11. The SMILES string of the molecule is COc1ncnc2c1CN(Cc1ccc(C)c([N+](=O)[O-])c1)CC2. The van der Waals surface area contributed by atoms with Crippen LogP contribution in [0.1, 0.15) is 22.4 Å². The number of nitrogens with zero attached hydrogens (tertiary/aromatic N) is 4.